The number of hydrogen-bond acceptors (Lipinski definition) is 5. The number of nitrogens with one attached hydrogen (secondary N) is 1. The van der Waals surface area contributed by atoms with Crippen LogP contribution in [0, 0.1) is 0 Å². The number of alkyl halides is 3. The van der Waals surface area contributed by atoms with Crippen molar-refractivity contribution >= 4 is 11.6 Å². The maximum absolute atomic E-state index is 12.4. The molecule has 5 nitrogen and oxygen atoms in total. The number of nitrogens with zero attached hydrogens (tertiary/aromatic N) is 2. The highest BCUT2D eigenvalue weighted by atomic mass is 19.4. The van der Waals surface area contributed by atoms with Crippen molar-refractivity contribution in [2.24, 2.45) is 0 Å². The molecule has 0 bridgehead atoms. The molecule has 1 aromatic heterocycles. The Bertz CT molecular complexity index is 445. The largest absolute Gasteiger partial charge is 0.451 e. The quantitative estimate of drug-likeness (QED) is 0.767. The van der Waals surface area contributed by atoms with E-state index in [4.69, 9.17) is 5.73 Å². The fraction of sp³-hybridized carbons (Fsp3) is 0.600. The van der Waals surface area contributed by atoms with Crippen molar-refractivity contribution in [2.45, 2.75) is 31.0 Å². The fourth-order valence-corrected chi connectivity index (χ4v) is 1.70. The SMILES string of the molecule is Nc1cc(NCC2(O)CCC2)nc(C(F)(F)F)n1. The lowest BCUT2D eigenvalue weighted by molar-refractivity contribution is -0.144. The molecule has 0 atom stereocenters. The van der Waals surface area contributed by atoms with E-state index in [2.05, 4.69) is 15.3 Å². The van der Waals surface area contributed by atoms with Crippen LogP contribution >= 0.6 is 0 Å². The highest BCUT2D eigenvalue weighted by Gasteiger charge is 2.36. The number of halogens is 3. The summed E-state index contributed by atoms with van der Waals surface area (Å²) in [6, 6.07) is 1.21. The lowest BCUT2D eigenvalue weighted by atomic mass is 9.80. The zero-order valence-electron chi connectivity index (χ0n) is 9.46. The number of nitrogen functional groups attached to an aromatic ring is 1. The summed E-state index contributed by atoms with van der Waals surface area (Å²) in [6.07, 6.45) is -2.46. The molecule has 4 N–H and O–H groups in total. The van der Waals surface area contributed by atoms with E-state index in [1.807, 2.05) is 0 Å². The lowest BCUT2D eigenvalue weighted by Crippen LogP contribution is -2.43. The number of rotatable bonds is 3. The molecule has 1 aliphatic carbocycles. The zero-order chi connectivity index (χ0) is 13.4. The van der Waals surface area contributed by atoms with Gasteiger partial charge in [-0.2, -0.15) is 13.2 Å². The molecule has 1 fully saturated rings. The van der Waals surface area contributed by atoms with E-state index in [0.29, 0.717) is 12.8 Å². The molecule has 2 rings (SSSR count). The Labute approximate surface area is 101 Å². The highest BCUT2D eigenvalue weighted by Crippen LogP contribution is 2.32. The standard InChI is InChI=1S/C10H13F3N4O/c11-10(12,13)8-16-6(14)4-7(17-8)15-5-9(18)2-1-3-9/h4,18H,1-3,5H2,(H3,14,15,16,17). The van der Waals surface area contributed by atoms with Crippen molar-refractivity contribution in [3.8, 4) is 0 Å². The zero-order valence-corrected chi connectivity index (χ0v) is 9.46. The van der Waals surface area contributed by atoms with Gasteiger partial charge in [-0.25, -0.2) is 9.97 Å². The van der Waals surface area contributed by atoms with Crippen LogP contribution in [0.15, 0.2) is 6.07 Å². The molecular weight excluding hydrogens is 249 g/mol. The van der Waals surface area contributed by atoms with Gasteiger partial charge in [-0.1, -0.05) is 0 Å². The summed E-state index contributed by atoms with van der Waals surface area (Å²) in [5, 5.41) is 12.5. The molecule has 0 radical (unpaired) electrons. The number of nitrogens with two attached hydrogens (primary N) is 1. The molecular formula is C10H13F3N4O. The summed E-state index contributed by atoms with van der Waals surface area (Å²) in [7, 11) is 0. The average molecular weight is 262 g/mol. The highest BCUT2D eigenvalue weighted by molar-refractivity contribution is 5.45. The summed E-state index contributed by atoms with van der Waals surface area (Å²) < 4.78 is 37.3. The Morgan fingerprint density at radius 1 is 1.39 bits per heavy atom. The first-order valence-corrected chi connectivity index (χ1v) is 5.47. The molecule has 18 heavy (non-hydrogen) atoms. The summed E-state index contributed by atoms with van der Waals surface area (Å²) in [5.74, 6) is -1.58. The normalized spacial score (nSPS) is 18.2. The Kier molecular flexibility index (Phi) is 3.05. The molecule has 1 saturated carbocycles. The fourth-order valence-electron chi connectivity index (χ4n) is 1.70. The van der Waals surface area contributed by atoms with E-state index >= 15 is 0 Å². The van der Waals surface area contributed by atoms with E-state index in [1.165, 1.54) is 6.07 Å². The summed E-state index contributed by atoms with van der Waals surface area (Å²) >= 11 is 0. The minimum atomic E-state index is -4.64. The smallest absolute Gasteiger partial charge is 0.388 e. The van der Waals surface area contributed by atoms with Crippen molar-refractivity contribution in [3.05, 3.63) is 11.9 Å². The number of aliphatic hydroxyl groups is 1. The summed E-state index contributed by atoms with van der Waals surface area (Å²) in [6.45, 7) is 0.154. The maximum Gasteiger partial charge on any atom is 0.451 e. The van der Waals surface area contributed by atoms with Crippen LogP contribution in [0.25, 0.3) is 0 Å². The second kappa shape index (κ2) is 4.27. The van der Waals surface area contributed by atoms with Gasteiger partial charge in [0.15, 0.2) is 0 Å². The summed E-state index contributed by atoms with van der Waals surface area (Å²) in [4.78, 5) is 6.45. The van der Waals surface area contributed by atoms with Gasteiger partial charge in [-0.05, 0) is 19.3 Å². The molecule has 1 heterocycles. The third kappa shape index (κ3) is 2.81. The first-order valence-electron chi connectivity index (χ1n) is 5.47. The van der Waals surface area contributed by atoms with Crippen LogP contribution in [0.3, 0.4) is 0 Å². The first kappa shape index (κ1) is 12.9. The van der Waals surface area contributed by atoms with Gasteiger partial charge in [0, 0.05) is 12.6 Å². The van der Waals surface area contributed by atoms with Gasteiger partial charge in [-0.15, -0.1) is 0 Å². The van der Waals surface area contributed by atoms with Crippen LogP contribution in [-0.2, 0) is 6.18 Å². The van der Waals surface area contributed by atoms with Crippen molar-refractivity contribution < 1.29 is 18.3 Å². The predicted octanol–water partition coefficient (Wildman–Crippen LogP) is 1.40. The van der Waals surface area contributed by atoms with Crippen LogP contribution < -0.4 is 11.1 Å². The predicted molar refractivity (Wildman–Crippen MR) is 58.7 cm³/mol. The topological polar surface area (TPSA) is 84.1 Å². The number of hydrogen-bond donors (Lipinski definition) is 3. The molecule has 0 unspecified atom stereocenters. The first-order chi connectivity index (χ1) is 8.28. The van der Waals surface area contributed by atoms with Crippen LogP contribution in [0.2, 0.25) is 0 Å². The minimum absolute atomic E-state index is 0.0323. The van der Waals surface area contributed by atoms with E-state index in [1.54, 1.807) is 0 Å². The molecule has 0 spiro atoms. The van der Waals surface area contributed by atoms with Gasteiger partial charge in [0.1, 0.15) is 11.6 Å². The Hall–Kier alpha value is -1.57. The molecule has 0 saturated heterocycles. The Morgan fingerprint density at radius 2 is 2.06 bits per heavy atom. The van der Waals surface area contributed by atoms with Crippen LogP contribution in [0.5, 0.6) is 0 Å². The lowest BCUT2D eigenvalue weighted by Gasteiger charge is -2.36. The average Bonchev–Trinajstić information content (AvgIpc) is 2.22. The van der Waals surface area contributed by atoms with Crippen molar-refractivity contribution in [3.63, 3.8) is 0 Å². The van der Waals surface area contributed by atoms with E-state index in [-0.39, 0.29) is 18.2 Å². The second-order valence-electron chi connectivity index (χ2n) is 4.43. The van der Waals surface area contributed by atoms with E-state index in [9.17, 15) is 18.3 Å². The molecule has 0 aromatic carbocycles. The third-order valence-corrected chi connectivity index (χ3v) is 2.88. The molecule has 0 aliphatic heterocycles. The van der Waals surface area contributed by atoms with E-state index in [0.717, 1.165) is 6.42 Å². The van der Waals surface area contributed by atoms with Crippen LogP contribution in [0.1, 0.15) is 25.1 Å². The van der Waals surface area contributed by atoms with Gasteiger partial charge < -0.3 is 16.2 Å². The molecule has 1 aromatic rings. The van der Waals surface area contributed by atoms with Crippen LogP contribution in [0.4, 0.5) is 24.8 Å². The second-order valence-corrected chi connectivity index (χ2v) is 4.43. The maximum atomic E-state index is 12.4. The van der Waals surface area contributed by atoms with Gasteiger partial charge in [0.25, 0.3) is 0 Å². The Morgan fingerprint density at radius 3 is 2.56 bits per heavy atom. The Balaban J connectivity index is 2.10. The van der Waals surface area contributed by atoms with Crippen molar-refractivity contribution in [1.82, 2.24) is 9.97 Å². The molecule has 1 aliphatic rings. The van der Waals surface area contributed by atoms with Crippen LogP contribution in [-0.4, -0.2) is 27.2 Å². The van der Waals surface area contributed by atoms with Crippen molar-refractivity contribution in [2.75, 3.05) is 17.6 Å². The van der Waals surface area contributed by atoms with Gasteiger partial charge in [-0.3, -0.25) is 0 Å². The third-order valence-electron chi connectivity index (χ3n) is 2.88. The number of aromatic nitrogens is 2. The van der Waals surface area contributed by atoms with Gasteiger partial charge in [0.2, 0.25) is 5.82 Å². The minimum Gasteiger partial charge on any atom is -0.388 e. The molecule has 100 valence electrons. The monoisotopic (exact) mass is 262 g/mol. The number of anilines is 2. The van der Waals surface area contributed by atoms with Gasteiger partial charge in [0.05, 0.1) is 5.60 Å². The van der Waals surface area contributed by atoms with Crippen molar-refractivity contribution in [1.29, 1.82) is 0 Å². The van der Waals surface area contributed by atoms with Gasteiger partial charge >= 0.3 is 6.18 Å². The molecule has 8 heteroatoms. The summed E-state index contributed by atoms with van der Waals surface area (Å²) in [5.41, 5.74) is 4.44. The molecule has 0 amide bonds. The van der Waals surface area contributed by atoms with E-state index < -0.39 is 17.6 Å².